The van der Waals surface area contributed by atoms with E-state index in [-0.39, 0.29) is 25.0 Å². The van der Waals surface area contributed by atoms with E-state index in [1.165, 1.54) is 0 Å². The summed E-state index contributed by atoms with van der Waals surface area (Å²) < 4.78 is 12.3. The van der Waals surface area contributed by atoms with Crippen LogP contribution < -0.4 is 5.73 Å². The fourth-order valence-corrected chi connectivity index (χ4v) is 1.01. The average Bonchev–Trinajstić information content (AvgIpc) is 2.09. The van der Waals surface area contributed by atoms with Gasteiger partial charge in [-0.2, -0.15) is 0 Å². The molecular formula is C9H13ClFN. The van der Waals surface area contributed by atoms with Gasteiger partial charge in [-0.25, -0.2) is 0 Å². The lowest BCUT2D eigenvalue weighted by Crippen LogP contribution is -2.13. The fourth-order valence-electron chi connectivity index (χ4n) is 1.01. The van der Waals surface area contributed by atoms with E-state index in [1.807, 2.05) is 30.3 Å². The van der Waals surface area contributed by atoms with E-state index in [0.29, 0.717) is 6.54 Å². The quantitative estimate of drug-likeness (QED) is 0.775. The van der Waals surface area contributed by atoms with Crippen LogP contribution >= 0.6 is 12.4 Å². The van der Waals surface area contributed by atoms with Gasteiger partial charge >= 0.3 is 0 Å². The first-order chi connectivity index (χ1) is 5.38. The molecular weight excluding hydrogens is 177 g/mol. The first kappa shape index (κ1) is 11.4. The predicted octanol–water partition coefficient (Wildman–Crippen LogP) is 2.12. The highest BCUT2D eigenvalue weighted by molar-refractivity contribution is 5.85. The summed E-state index contributed by atoms with van der Waals surface area (Å²) in [5, 5.41) is 0. The van der Waals surface area contributed by atoms with E-state index >= 15 is 0 Å². The van der Waals surface area contributed by atoms with Crippen molar-refractivity contribution in [1.29, 1.82) is 0 Å². The standard InChI is InChI=1S/C9H12FN.ClH/c10-6-9(7-11)8-4-2-1-3-5-8;/h1-5,9H,6-7,11H2;1H/t9-;/m0./s1. The Morgan fingerprint density at radius 3 is 2.25 bits per heavy atom. The lowest BCUT2D eigenvalue weighted by molar-refractivity contribution is 0.434. The number of hydrogen-bond donors (Lipinski definition) is 1. The van der Waals surface area contributed by atoms with E-state index in [9.17, 15) is 4.39 Å². The molecule has 0 aliphatic rings. The van der Waals surface area contributed by atoms with Gasteiger partial charge in [0, 0.05) is 12.5 Å². The summed E-state index contributed by atoms with van der Waals surface area (Å²) in [5.41, 5.74) is 6.36. The van der Waals surface area contributed by atoms with Crippen LogP contribution in [0.1, 0.15) is 11.5 Å². The third kappa shape index (κ3) is 2.80. The minimum Gasteiger partial charge on any atom is -0.330 e. The van der Waals surface area contributed by atoms with Gasteiger partial charge in [0.15, 0.2) is 0 Å². The summed E-state index contributed by atoms with van der Waals surface area (Å²) in [6, 6.07) is 9.50. The van der Waals surface area contributed by atoms with Gasteiger partial charge in [-0.1, -0.05) is 30.3 Å². The largest absolute Gasteiger partial charge is 0.330 e. The first-order valence-corrected chi connectivity index (χ1v) is 3.69. The Balaban J connectivity index is 0.00000121. The Morgan fingerprint density at radius 2 is 1.83 bits per heavy atom. The normalized spacial score (nSPS) is 11.8. The zero-order valence-corrected chi connectivity index (χ0v) is 7.56. The van der Waals surface area contributed by atoms with Gasteiger partial charge in [0.05, 0.1) is 6.67 Å². The highest BCUT2D eigenvalue weighted by Crippen LogP contribution is 2.13. The van der Waals surface area contributed by atoms with Gasteiger partial charge in [-0.05, 0) is 5.56 Å². The third-order valence-electron chi connectivity index (χ3n) is 1.74. The fraction of sp³-hybridized carbons (Fsp3) is 0.333. The van der Waals surface area contributed by atoms with Gasteiger partial charge < -0.3 is 5.73 Å². The smallest absolute Gasteiger partial charge is 0.0975 e. The van der Waals surface area contributed by atoms with Crippen molar-refractivity contribution >= 4 is 12.4 Å². The van der Waals surface area contributed by atoms with Crippen LogP contribution in [0.15, 0.2) is 30.3 Å². The van der Waals surface area contributed by atoms with Gasteiger partial charge in [0.1, 0.15) is 0 Å². The molecule has 0 saturated heterocycles. The van der Waals surface area contributed by atoms with Gasteiger partial charge in [0.25, 0.3) is 0 Å². The second-order valence-corrected chi connectivity index (χ2v) is 2.50. The van der Waals surface area contributed by atoms with Crippen molar-refractivity contribution in [3.63, 3.8) is 0 Å². The second-order valence-electron chi connectivity index (χ2n) is 2.50. The highest BCUT2D eigenvalue weighted by atomic mass is 35.5. The van der Waals surface area contributed by atoms with Crippen molar-refractivity contribution in [2.24, 2.45) is 5.73 Å². The van der Waals surface area contributed by atoms with Gasteiger partial charge in [-0.15, -0.1) is 12.4 Å². The maximum Gasteiger partial charge on any atom is 0.0975 e. The summed E-state index contributed by atoms with van der Waals surface area (Å²) in [4.78, 5) is 0. The highest BCUT2D eigenvalue weighted by Gasteiger charge is 2.06. The summed E-state index contributed by atoms with van der Waals surface area (Å²) in [5.74, 6) is -0.129. The predicted molar refractivity (Wildman–Crippen MR) is 51.5 cm³/mol. The number of halogens is 2. The van der Waals surface area contributed by atoms with Crippen LogP contribution in [-0.2, 0) is 0 Å². The molecule has 0 aromatic heterocycles. The maximum atomic E-state index is 12.3. The van der Waals surface area contributed by atoms with Crippen molar-refractivity contribution < 1.29 is 4.39 Å². The molecule has 2 N–H and O–H groups in total. The number of rotatable bonds is 3. The van der Waals surface area contributed by atoms with Crippen LogP contribution in [0.5, 0.6) is 0 Å². The number of benzene rings is 1. The van der Waals surface area contributed by atoms with Crippen molar-refractivity contribution in [2.75, 3.05) is 13.2 Å². The van der Waals surface area contributed by atoms with E-state index in [0.717, 1.165) is 5.56 Å². The number of alkyl halides is 1. The SMILES string of the molecule is Cl.NC[C@H](CF)c1ccccc1. The Labute approximate surface area is 78.2 Å². The molecule has 0 saturated carbocycles. The van der Waals surface area contributed by atoms with E-state index in [1.54, 1.807) is 0 Å². The minimum atomic E-state index is -0.374. The van der Waals surface area contributed by atoms with E-state index in [4.69, 9.17) is 5.73 Å². The molecule has 1 rings (SSSR count). The molecule has 0 spiro atoms. The summed E-state index contributed by atoms with van der Waals surface area (Å²) in [6.45, 7) is 0.00102. The second kappa shape index (κ2) is 5.98. The Kier molecular flexibility index (Phi) is 5.68. The van der Waals surface area contributed by atoms with Crippen molar-refractivity contribution in [2.45, 2.75) is 5.92 Å². The molecule has 1 aromatic carbocycles. The van der Waals surface area contributed by atoms with Crippen LogP contribution in [-0.4, -0.2) is 13.2 Å². The molecule has 12 heavy (non-hydrogen) atoms. The summed E-state index contributed by atoms with van der Waals surface area (Å²) in [6.07, 6.45) is 0. The number of hydrogen-bond acceptors (Lipinski definition) is 1. The molecule has 68 valence electrons. The molecule has 3 heteroatoms. The molecule has 0 radical (unpaired) electrons. The number of nitrogens with two attached hydrogens (primary N) is 1. The van der Waals surface area contributed by atoms with Crippen LogP contribution in [0.4, 0.5) is 4.39 Å². The molecule has 0 fully saturated rings. The molecule has 0 aliphatic carbocycles. The molecule has 0 amide bonds. The Hall–Kier alpha value is -0.600. The van der Waals surface area contributed by atoms with Crippen molar-refractivity contribution in [3.05, 3.63) is 35.9 Å². The zero-order chi connectivity index (χ0) is 8.10. The monoisotopic (exact) mass is 189 g/mol. The topological polar surface area (TPSA) is 26.0 Å². The van der Waals surface area contributed by atoms with Crippen LogP contribution in [0, 0.1) is 0 Å². The average molecular weight is 190 g/mol. The lowest BCUT2D eigenvalue weighted by Gasteiger charge is -2.09. The van der Waals surface area contributed by atoms with Gasteiger partial charge in [-0.3, -0.25) is 4.39 Å². The molecule has 1 aromatic rings. The van der Waals surface area contributed by atoms with Crippen LogP contribution in [0.25, 0.3) is 0 Å². The third-order valence-corrected chi connectivity index (χ3v) is 1.74. The molecule has 1 atom stereocenters. The van der Waals surface area contributed by atoms with Crippen LogP contribution in [0.2, 0.25) is 0 Å². The molecule has 0 unspecified atom stereocenters. The zero-order valence-electron chi connectivity index (χ0n) is 6.74. The van der Waals surface area contributed by atoms with Crippen molar-refractivity contribution in [3.8, 4) is 0 Å². The Bertz CT molecular complexity index is 199. The van der Waals surface area contributed by atoms with Crippen LogP contribution in [0.3, 0.4) is 0 Å². The maximum absolute atomic E-state index is 12.3. The summed E-state index contributed by atoms with van der Waals surface area (Å²) in [7, 11) is 0. The molecule has 1 nitrogen and oxygen atoms in total. The van der Waals surface area contributed by atoms with E-state index < -0.39 is 0 Å². The molecule has 0 aliphatic heterocycles. The van der Waals surface area contributed by atoms with Gasteiger partial charge in [0.2, 0.25) is 0 Å². The minimum absolute atomic E-state index is 0. The summed E-state index contributed by atoms with van der Waals surface area (Å²) >= 11 is 0. The lowest BCUT2D eigenvalue weighted by atomic mass is 10.0. The van der Waals surface area contributed by atoms with Crippen molar-refractivity contribution in [1.82, 2.24) is 0 Å². The first-order valence-electron chi connectivity index (χ1n) is 3.69. The molecule has 0 bridgehead atoms. The Morgan fingerprint density at radius 1 is 1.25 bits per heavy atom. The van der Waals surface area contributed by atoms with E-state index in [2.05, 4.69) is 0 Å². The molecule has 0 heterocycles.